The number of ketones is 3. The third kappa shape index (κ3) is 2.26. The molecule has 4 aliphatic carbocycles. The average Bonchev–Trinajstić information content (AvgIpc) is 3.01. The molecule has 1 unspecified atom stereocenters. The number of hydrogen-bond acceptors (Lipinski definition) is 5. The minimum absolute atomic E-state index is 0.0475. The summed E-state index contributed by atoms with van der Waals surface area (Å²) in [6, 6.07) is 0. The Bertz CT molecular complexity index is 695. The molecule has 0 aromatic rings. The predicted octanol–water partition coefficient (Wildman–Crippen LogP) is 2.25. The zero-order valence-electron chi connectivity index (χ0n) is 15.6. The van der Waals surface area contributed by atoms with Crippen molar-refractivity contribution in [2.75, 3.05) is 13.7 Å². The monoisotopic (exact) mass is 360 g/mol. The van der Waals surface area contributed by atoms with Gasteiger partial charge in [0.1, 0.15) is 18.0 Å². The molecule has 0 spiro atoms. The maximum absolute atomic E-state index is 13.3. The maximum atomic E-state index is 13.3. The van der Waals surface area contributed by atoms with Gasteiger partial charge in [0.2, 0.25) is 0 Å². The molecule has 0 heterocycles. The summed E-state index contributed by atoms with van der Waals surface area (Å²) in [5.74, 6) is 0.473. The zero-order valence-corrected chi connectivity index (χ0v) is 15.6. The van der Waals surface area contributed by atoms with Gasteiger partial charge in [-0.1, -0.05) is 12.5 Å². The molecule has 0 radical (unpaired) electrons. The summed E-state index contributed by atoms with van der Waals surface area (Å²) in [6.45, 7) is 1.63. The molecule has 0 aromatic heterocycles. The Labute approximate surface area is 154 Å². The first-order chi connectivity index (χ1) is 12.4. The second-order valence-electron chi connectivity index (χ2n) is 8.89. The van der Waals surface area contributed by atoms with Crippen LogP contribution in [0, 0.1) is 29.1 Å². The molecule has 3 saturated carbocycles. The third-order valence-corrected chi connectivity index (χ3v) is 8.08. The number of carbonyl (C=O) groups excluding carboxylic acids is 3. The van der Waals surface area contributed by atoms with Gasteiger partial charge in [-0.15, -0.1) is 0 Å². The van der Waals surface area contributed by atoms with Crippen LogP contribution in [0.15, 0.2) is 11.6 Å². The van der Waals surface area contributed by atoms with Gasteiger partial charge >= 0.3 is 0 Å². The number of fused-ring (bicyclic) bond motifs is 5. The van der Waals surface area contributed by atoms with E-state index < -0.39 is 12.2 Å². The number of ether oxygens (including phenoxy) is 1. The van der Waals surface area contributed by atoms with Gasteiger partial charge in [0.15, 0.2) is 11.6 Å². The van der Waals surface area contributed by atoms with Crippen molar-refractivity contribution in [3.63, 3.8) is 0 Å². The Balaban J connectivity index is 1.70. The van der Waals surface area contributed by atoms with Crippen LogP contribution in [0.2, 0.25) is 0 Å². The van der Waals surface area contributed by atoms with E-state index in [-0.39, 0.29) is 46.4 Å². The van der Waals surface area contributed by atoms with Crippen molar-refractivity contribution >= 4 is 17.3 Å². The van der Waals surface area contributed by atoms with Gasteiger partial charge in [0.25, 0.3) is 0 Å². The molecule has 5 heteroatoms. The van der Waals surface area contributed by atoms with Crippen molar-refractivity contribution in [2.24, 2.45) is 29.1 Å². The first-order valence-electron chi connectivity index (χ1n) is 9.83. The Kier molecular flexibility index (Phi) is 4.23. The molecule has 5 nitrogen and oxygen atoms in total. The lowest BCUT2D eigenvalue weighted by atomic mass is 9.49. The van der Waals surface area contributed by atoms with Gasteiger partial charge in [-0.25, -0.2) is 0 Å². The largest absolute Gasteiger partial charge is 0.388 e. The number of methoxy groups -OCH3 is 1. The summed E-state index contributed by atoms with van der Waals surface area (Å²) in [5.41, 5.74) is -0.0538. The van der Waals surface area contributed by atoms with Crippen LogP contribution < -0.4 is 0 Å². The van der Waals surface area contributed by atoms with Crippen molar-refractivity contribution in [2.45, 2.75) is 57.5 Å². The first-order valence-corrected chi connectivity index (χ1v) is 9.83. The number of carbonyl (C=O) groups is 3. The lowest BCUT2D eigenvalue weighted by Crippen LogP contribution is -2.56. The third-order valence-electron chi connectivity index (χ3n) is 8.08. The maximum Gasteiger partial charge on any atom is 0.190 e. The Hall–Kier alpha value is -1.33. The molecule has 0 bridgehead atoms. The minimum atomic E-state index is -1.00. The fraction of sp³-hybridized carbons (Fsp3) is 0.762. The van der Waals surface area contributed by atoms with Crippen molar-refractivity contribution < 1.29 is 24.2 Å². The number of aliphatic hydroxyl groups excluding tert-OH is 1. The minimum Gasteiger partial charge on any atom is -0.388 e. The van der Waals surface area contributed by atoms with Gasteiger partial charge in [-0.05, 0) is 55.4 Å². The summed E-state index contributed by atoms with van der Waals surface area (Å²) >= 11 is 0. The van der Waals surface area contributed by atoms with Crippen LogP contribution in [0.3, 0.4) is 0 Å². The topological polar surface area (TPSA) is 80.7 Å². The van der Waals surface area contributed by atoms with Crippen molar-refractivity contribution in [3.05, 3.63) is 11.6 Å². The molecule has 26 heavy (non-hydrogen) atoms. The molecule has 142 valence electrons. The highest BCUT2D eigenvalue weighted by Gasteiger charge is 2.63. The van der Waals surface area contributed by atoms with Gasteiger partial charge in [-0.2, -0.15) is 0 Å². The van der Waals surface area contributed by atoms with E-state index >= 15 is 0 Å². The lowest BCUT2D eigenvalue weighted by Gasteiger charge is -2.54. The molecule has 1 N–H and O–H groups in total. The fourth-order valence-corrected chi connectivity index (χ4v) is 6.84. The summed E-state index contributed by atoms with van der Waals surface area (Å²) in [5, 5.41) is 9.45. The summed E-state index contributed by atoms with van der Waals surface area (Å²) < 4.78 is 5.68. The molecule has 0 saturated heterocycles. The van der Waals surface area contributed by atoms with Crippen LogP contribution in [0.5, 0.6) is 0 Å². The SMILES string of the molecule is CO[C@]1(C(=O)CO)CC[C@@H]2C1CC(=O)[C@H]1[C@H]2CCC2=CC(=O)CC[C@@]21C. The Morgan fingerprint density at radius 2 is 2.00 bits per heavy atom. The summed E-state index contributed by atoms with van der Waals surface area (Å²) in [4.78, 5) is 37.6. The van der Waals surface area contributed by atoms with E-state index in [4.69, 9.17) is 4.74 Å². The van der Waals surface area contributed by atoms with Crippen molar-refractivity contribution in [3.8, 4) is 0 Å². The molecular formula is C21H28O5. The van der Waals surface area contributed by atoms with E-state index in [2.05, 4.69) is 6.92 Å². The quantitative estimate of drug-likeness (QED) is 0.835. The van der Waals surface area contributed by atoms with E-state index in [1.54, 1.807) is 6.08 Å². The van der Waals surface area contributed by atoms with Crippen LogP contribution in [-0.4, -0.2) is 41.8 Å². The highest BCUT2D eigenvalue weighted by atomic mass is 16.5. The smallest absolute Gasteiger partial charge is 0.190 e. The first kappa shape index (κ1) is 18.1. The summed E-state index contributed by atoms with van der Waals surface area (Å²) in [6.07, 6.45) is 6.65. The van der Waals surface area contributed by atoms with Crippen LogP contribution in [0.4, 0.5) is 0 Å². The fourth-order valence-electron chi connectivity index (χ4n) is 6.84. The van der Waals surface area contributed by atoms with E-state index in [1.165, 1.54) is 7.11 Å². The molecule has 4 aliphatic rings. The Morgan fingerprint density at radius 1 is 1.23 bits per heavy atom. The van der Waals surface area contributed by atoms with Crippen LogP contribution in [-0.2, 0) is 19.1 Å². The number of allylic oxidation sites excluding steroid dienone is 1. The molecule has 6 atom stereocenters. The number of aliphatic hydroxyl groups is 1. The highest BCUT2D eigenvalue weighted by Crippen LogP contribution is 2.62. The van der Waals surface area contributed by atoms with Gasteiger partial charge in [0.05, 0.1) is 0 Å². The molecule has 0 amide bonds. The summed E-state index contributed by atoms with van der Waals surface area (Å²) in [7, 11) is 1.53. The molecule has 3 fully saturated rings. The van der Waals surface area contributed by atoms with Gasteiger partial charge in [0, 0.05) is 31.8 Å². The predicted molar refractivity (Wildman–Crippen MR) is 94.3 cm³/mol. The van der Waals surface area contributed by atoms with E-state index in [0.29, 0.717) is 19.3 Å². The standard InChI is InChI=1S/C21H28O5/c1-20-7-5-13(23)9-12(20)3-4-15-14-6-8-21(26-2,18(25)11-22)16(14)10-17(24)19(15)20/h9,14-16,19,22H,3-8,10-11H2,1-2H3/t14-,15-,16?,19+,20-,21+/m0/s1. The second kappa shape index (κ2) is 6.10. The zero-order chi connectivity index (χ0) is 18.7. The van der Waals surface area contributed by atoms with Crippen LogP contribution in [0.1, 0.15) is 51.9 Å². The van der Waals surface area contributed by atoms with E-state index in [1.807, 2.05) is 0 Å². The molecule has 4 rings (SSSR count). The number of rotatable bonds is 3. The number of Topliss-reactive ketones (excluding diaryl/α,β-unsaturated/α-hetero) is 2. The van der Waals surface area contributed by atoms with Gasteiger partial charge in [-0.3, -0.25) is 14.4 Å². The number of hydrogen-bond donors (Lipinski definition) is 1. The average molecular weight is 360 g/mol. The Morgan fingerprint density at radius 3 is 2.69 bits per heavy atom. The van der Waals surface area contributed by atoms with E-state index in [0.717, 1.165) is 31.3 Å². The second-order valence-corrected chi connectivity index (χ2v) is 8.89. The van der Waals surface area contributed by atoms with Crippen LogP contribution >= 0.6 is 0 Å². The highest BCUT2D eigenvalue weighted by molar-refractivity contribution is 5.94. The van der Waals surface area contributed by atoms with Crippen molar-refractivity contribution in [1.29, 1.82) is 0 Å². The molecule has 0 aliphatic heterocycles. The molecular weight excluding hydrogens is 332 g/mol. The van der Waals surface area contributed by atoms with Gasteiger partial charge < -0.3 is 9.84 Å². The lowest BCUT2D eigenvalue weighted by molar-refractivity contribution is -0.159. The molecule has 0 aromatic carbocycles. The normalized spacial score (nSPS) is 44.8. The van der Waals surface area contributed by atoms with Crippen LogP contribution in [0.25, 0.3) is 0 Å². The van der Waals surface area contributed by atoms with Crippen molar-refractivity contribution in [1.82, 2.24) is 0 Å². The van der Waals surface area contributed by atoms with E-state index in [9.17, 15) is 19.5 Å².